The van der Waals surface area contributed by atoms with Crippen LogP contribution in [0.2, 0.25) is 0 Å². The first-order valence-corrected chi connectivity index (χ1v) is 29.7. The maximum Gasteiger partial charge on any atom is 0.306 e. The number of rotatable bonds is 42. The lowest BCUT2D eigenvalue weighted by atomic mass is 9.78. The van der Waals surface area contributed by atoms with E-state index in [1.54, 1.807) is 0 Å². The van der Waals surface area contributed by atoms with Crippen LogP contribution in [0.15, 0.2) is 0 Å². The molecule has 0 amide bonds. The largest absolute Gasteiger partial charge is 0.463 e. The topological polar surface area (TPSA) is 80.3 Å². The zero-order valence-electron chi connectivity index (χ0n) is 46.2. The van der Waals surface area contributed by atoms with Crippen LogP contribution in [0.5, 0.6) is 0 Å². The third-order valence-electron chi connectivity index (χ3n) is 16.8. The number of hydrogen-bond donors (Lipinski definition) is 0. The third kappa shape index (κ3) is 27.3. The Bertz CT molecular complexity index is 1050. The zero-order valence-corrected chi connectivity index (χ0v) is 46.2. The van der Waals surface area contributed by atoms with Crippen molar-refractivity contribution in [3.05, 3.63) is 0 Å². The molecule has 10 atom stereocenters. The molecule has 2 aliphatic heterocycles. The van der Waals surface area contributed by atoms with Crippen LogP contribution in [0, 0.1) is 47.3 Å². The number of carbonyl (C=O) groups excluding carboxylic acids is 2. The van der Waals surface area contributed by atoms with Crippen LogP contribution >= 0.6 is 0 Å². The van der Waals surface area contributed by atoms with Gasteiger partial charge >= 0.3 is 11.9 Å². The van der Waals surface area contributed by atoms with Crippen molar-refractivity contribution < 1.29 is 33.3 Å². The van der Waals surface area contributed by atoms with E-state index in [-0.39, 0.29) is 61.0 Å². The van der Waals surface area contributed by atoms with Crippen molar-refractivity contribution in [2.24, 2.45) is 47.3 Å². The fraction of sp³-hybridized carbons (Fsp3) is 0.967. The Balaban J connectivity index is 1.96. The van der Waals surface area contributed by atoms with E-state index >= 15 is 0 Å². The molecular formula is C60H114O7. The molecule has 0 aromatic heterocycles. The van der Waals surface area contributed by atoms with Crippen LogP contribution in [0.4, 0.5) is 0 Å². The summed E-state index contributed by atoms with van der Waals surface area (Å²) in [6.07, 6.45) is 40.4. The molecule has 0 aliphatic carbocycles. The molecule has 0 bridgehead atoms. The Morgan fingerprint density at radius 2 is 0.612 bits per heavy atom. The summed E-state index contributed by atoms with van der Waals surface area (Å²) in [6.45, 7) is 23.0. The Hall–Kier alpha value is -1.18. The van der Waals surface area contributed by atoms with Crippen molar-refractivity contribution in [2.45, 2.75) is 312 Å². The minimum absolute atomic E-state index is 0.0817. The zero-order chi connectivity index (χ0) is 49.1. The Labute approximate surface area is 416 Å². The van der Waals surface area contributed by atoms with Crippen molar-refractivity contribution in [2.75, 3.05) is 13.2 Å². The lowest BCUT2D eigenvalue weighted by Crippen LogP contribution is -2.53. The van der Waals surface area contributed by atoms with Gasteiger partial charge in [0.05, 0.1) is 12.2 Å². The van der Waals surface area contributed by atoms with Gasteiger partial charge in [0.15, 0.2) is 12.6 Å². The van der Waals surface area contributed by atoms with E-state index < -0.39 is 12.6 Å². The first-order valence-electron chi connectivity index (χ1n) is 29.7. The maximum absolute atomic E-state index is 13.5. The molecule has 4 unspecified atom stereocenters. The summed E-state index contributed by atoms with van der Waals surface area (Å²) < 4.78 is 32.5. The molecule has 396 valence electrons. The summed E-state index contributed by atoms with van der Waals surface area (Å²) in [4.78, 5) is 27.0. The molecule has 2 fully saturated rings. The van der Waals surface area contributed by atoms with Crippen molar-refractivity contribution in [1.29, 1.82) is 0 Å². The molecule has 2 aliphatic rings. The monoisotopic (exact) mass is 947 g/mol. The van der Waals surface area contributed by atoms with Gasteiger partial charge in [-0.3, -0.25) is 9.59 Å². The Morgan fingerprint density at radius 3 is 0.881 bits per heavy atom. The predicted molar refractivity (Wildman–Crippen MR) is 282 cm³/mol. The van der Waals surface area contributed by atoms with Gasteiger partial charge in [-0.2, -0.15) is 0 Å². The quantitative estimate of drug-likeness (QED) is 0.0445. The maximum atomic E-state index is 13.5. The second-order valence-electron chi connectivity index (χ2n) is 22.5. The molecule has 7 nitrogen and oxygen atoms in total. The van der Waals surface area contributed by atoms with Gasteiger partial charge in [0, 0.05) is 24.7 Å². The molecule has 2 rings (SSSR count). The molecule has 0 N–H and O–H groups in total. The van der Waals surface area contributed by atoms with E-state index in [9.17, 15) is 9.59 Å². The summed E-state index contributed by atoms with van der Waals surface area (Å²) in [5.74, 6) is 1.97. The van der Waals surface area contributed by atoms with Crippen molar-refractivity contribution >= 4 is 11.9 Å². The molecule has 67 heavy (non-hydrogen) atoms. The lowest BCUT2D eigenvalue weighted by Gasteiger charge is -2.48. The van der Waals surface area contributed by atoms with Crippen molar-refractivity contribution in [3.63, 3.8) is 0 Å². The van der Waals surface area contributed by atoms with E-state index in [1.165, 1.54) is 180 Å². The lowest BCUT2D eigenvalue weighted by molar-refractivity contribution is -0.344. The molecule has 0 aromatic carbocycles. The molecule has 0 spiro atoms. The number of unbranched alkanes of at least 4 members (excludes halogenated alkanes) is 24. The summed E-state index contributed by atoms with van der Waals surface area (Å²) in [5.41, 5.74) is 0. The van der Waals surface area contributed by atoms with E-state index in [1.807, 2.05) is 0 Å². The molecule has 2 heterocycles. The molecule has 0 saturated carbocycles. The van der Waals surface area contributed by atoms with E-state index in [2.05, 4.69) is 69.2 Å². The van der Waals surface area contributed by atoms with E-state index in [0.717, 1.165) is 25.7 Å². The Morgan fingerprint density at radius 1 is 0.358 bits per heavy atom. The summed E-state index contributed by atoms with van der Waals surface area (Å²) in [5, 5.41) is 0. The van der Waals surface area contributed by atoms with E-state index in [0.29, 0.717) is 36.5 Å². The fourth-order valence-corrected chi connectivity index (χ4v) is 11.0. The molecule has 0 aromatic rings. The van der Waals surface area contributed by atoms with Gasteiger partial charge in [0.25, 0.3) is 0 Å². The number of hydrogen-bond acceptors (Lipinski definition) is 7. The van der Waals surface area contributed by atoms with Crippen LogP contribution in [-0.2, 0) is 33.3 Å². The second-order valence-corrected chi connectivity index (χ2v) is 22.5. The van der Waals surface area contributed by atoms with Gasteiger partial charge in [-0.25, -0.2) is 0 Å². The highest BCUT2D eigenvalue weighted by atomic mass is 16.8. The van der Waals surface area contributed by atoms with Crippen LogP contribution < -0.4 is 0 Å². The second kappa shape index (κ2) is 39.4. The van der Waals surface area contributed by atoms with Gasteiger partial charge in [-0.15, -0.1) is 0 Å². The standard InChI is InChI=1S/C60H114O7/c1-11-15-19-23-27-31-35-39-53(40-36-32-28-24-20-16-12-2)43-57(61)63-45-55-49(7)47(5)51(9)59(65-55)67-60-52(10)48(6)50(8)56(66-60)46-64-58(62)44-54(41-37-33-29-25-21-17-13-3)42-38-34-30-26-22-18-14-4/h47-56,59-60H,11-46H2,1-10H3/t47-,48-,49+,50+,51?,52?,55?,56?,59-,60-/m0/s1. The number of ether oxygens (including phenoxy) is 5. The SMILES string of the molecule is CCCCCCCCCC(CCCCCCCCC)CC(=O)OCC1O[C@@H](O[C@@H]2OC(COC(=O)CC(CCCCCCCCC)CCCCCCCCC)[C@H](C)[C@H](C)C2C)C(C)[C@@H](C)[C@H]1C. The highest BCUT2D eigenvalue weighted by molar-refractivity contribution is 5.70. The first-order chi connectivity index (χ1) is 32.5. The summed E-state index contributed by atoms with van der Waals surface area (Å²) in [6, 6.07) is 0. The molecule has 0 radical (unpaired) electrons. The average molecular weight is 948 g/mol. The smallest absolute Gasteiger partial charge is 0.306 e. The minimum atomic E-state index is -0.479. The first kappa shape index (κ1) is 61.9. The van der Waals surface area contributed by atoms with Crippen LogP contribution in [-0.4, -0.2) is 49.9 Å². The minimum Gasteiger partial charge on any atom is -0.463 e. The summed E-state index contributed by atoms with van der Waals surface area (Å²) >= 11 is 0. The Kier molecular flexibility index (Phi) is 36.5. The highest BCUT2D eigenvalue weighted by Crippen LogP contribution is 2.41. The van der Waals surface area contributed by atoms with Crippen LogP contribution in [0.3, 0.4) is 0 Å². The van der Waals surface area contributed by atoms with Gasteiger partial charge < -0.3 is 23.7 Å². The van der Waals surface area contributed by atoms with Gasteiger partial charge in [-0.1, -0.05) is 249 Å². The van der Waals surface area contributed by atoms with E-state index in [4.69, 9.17) is 23.7 Å². The normalized spacial score (nSPS) is 25.6. The molecule has 7 heteroatoms. The van der Waals surface area contributed by atoms with Crippen LogP contribution in [0.25, 0.3) is 0 Å². The van der Waals surface area contributed by atoms with Gasteiger partial charge in [-0.05, 0) is 61.2 Å². The van der Waals surface area contributed by atoms with Gasteiger partial charge in [0.1, 0.15) is 13.2 Å². The molecular weight excluding hydrogens is 833 g/mol. The predicted octanol–water partition coefficient (Wildman–Crippen LogP) is 17.9. The fourth-order valence-electron chi connectivity index (χ4n) is 11.0. The summed E-state index contributed by atoms with van der Waals surface area (Å²) in [7, 11) is 0. The van der Waals surface area contributed by atoms with Crippen molar-refractivity contribution in [3.8, 4) is 0 Å². The number of esters is 2. The van der Waals surface area contributed by atoms with Crippen molar-refractivity contribution in [1.82, 2.24) is 0 Å². The highest BCUT2D eigenvalue weighted by Gasteiger charge is 2.46. The van der Waals surface area contributed by atoms with Gasteiger partial charge in [0.2, 0.25) is 0 Å². The molecule has 2 saturated heterocycles. The third-order valence-corrected chi connectivity index (χ3v) is 16.8. The number of carbonyl (C=O) groups is 2. The van der Waals surface area contributed by atoms with Crippen LogP contribution in [0.1, 0.15) is 288 Å². The average Bonchev–Trinajstić information content (AvgIpc) is 3.31.